The van der Waals surface area contributed by atoms with Gasteiger partial charge in [-0.15, -0.1) is 0 Å². The molecule has 0 aromatic rings. The molecule has 1 heterocycles. The Kier molecular flexibility index (Phi) is 4.13. The van der Waals surface area contributed by atoms with Gasteiger partial charge in [0, 0.05) is 6.54 Å². The van der Waals surface area contributed by atoms with Gasteiger partial charge < -0.3 is 15.4 Å². The lowest BCUT2D eigenvalue weighted by Crippen LogP contribution is -2.59. The predicted molar refractivity (Wildman–Crippen MR) is 71.3 cm³/mol. The summed E-state index contributed by atoms with van der Waals surface area (Å²) in [4.78, 5) is 26.1. The zero-order valence-electron chi connectivity index (χ0n) is 11.9. The van der Waals surface area contributed by atoms with Crippen LogP contribution < -0.4 is 5.73 Å². The molecule has 19 heavy (non-hydrogen) atoms. The Morgan fingerprint density at radius 2 is 2.05 bits per heavy atom. The minimum atomic E-state index is -0.783. The highest BCUT2D eigenvalue weighted by atomic mass is 16.5. The normalized spacial score (nSPS) is 35.2. The number of hydrogen-bond donors (Lipinski definition) is 1. The molecule has 108 valence electrons. The van der Waals surface area contributed by atoms with Crippen LogP contribution in [0, 0.1) is 5.92 Å². The first-order valence-corrected chi connectivity index (χ1v) is 7.16. The van der Waals surface area contributed by atoms with Crippen LogP contribution in [-0.4, -0.2) is 42.0 Å². The van der Waals surface area contributed by atoms with E-state index in [9.17, 15) is 9.59 Å². The second-order valence-electron chi connectivity index (χ2n) is 6.04. The van der Waals surface area contributed by atoms with Crippen LogP contribution in [-0.2, 0) is 14.3 Å². The summed E-state index contributed by atoms with van der Waals surface area (Å²) >= 11 is 0. The van der Waals surface area contributed by atoms with Crippen LogP contribution in [0.1, 0.15) is 45.4 Å². The van der Waals surface area contributed by atoms with Crippen molar-refractivity contribution in [3.8, 4) is 0 Å². The number of nitrogens with two attached hydrogens (primary N) is 1. The maximum absolute atomic E-state index is 12.7. The fraction of sp³-hybridized carbons (Fsp3) is 0.857. The largest absolute Gasteiger partial charge is 0.467 e. The van der Waals surface area contributed by atoms with Gasteiger partial charge in [0.2, 0.25) is 5.91 Å². The van der Waals surface area contributed by atoms with Gasteiger partial charge in [-0.25, -0.2) is 4.79 Å². The number of esters is 1. The van der Waals surface area contributed by atoms with E-state index in [1.165, 1.54) is 7.11 Å². The highest BCUT2D eigenvalue weighted by Gasteiger charge is 2.45. The van der Waals surface area contributed by atoms with Crippen molar-refractivity contribution >= 4 is 11.9 Å². The molecule has 1 aliphatic heterocycles. The van der Waals surface area contributed by atoms with E-state index in [-0.39, 0.29) is 11.9 Å². The summed E-state index contributed by atoms with van der Waals surface area (Å²) in [5.74, 6) is 0.0899. The topological polar surface area (TPSA) is 72.6 Å². The molecule has 0 aromatic heterocycles. The molecule has 0 radical (unpaired) electrons. The molecule has 5 heteroatoms. The smallest absolute Gasteiger partial charge is 0.328 e. The number of nitrogens with zero attached hydrogens (tertiary/aromatic N) is 1. The number of likely N-dealkylation sites (tertiary alicyclic amines) is 1. The Labute approximate surface area is 114 Å². The van der Waals surface area contributed by atoms with Gasteiger partial charge >= 0.3 is 5.97 Å². The fourth-order valence-electron chi connectivity index (χ4n) is 3.46. The summed E-state index contributed by atoms with van der Waals surface area (Å²) in [5.41, 5.74) is 5.55. The minimum absolute atomic E-state index is 0.0630. The molecule has 0 spiro atoms. The highest BCUT2D eigenvalue weighted by molar-refractivity contribution is 5.91. The van der Waals surface area contributed by atoms with Crippen molar-refractivity contribution in [1.29, 1.82) is 0 Å². The molecular weight excluding hydrogens is 244 g/mol. The summed E-state index contributed by atoms with van der Waals surface area (Å²) < 4.78 is 4.78. The SMILES string of the molecule is COC(=O)C1CCCN1C(=O)C1(N)CCCC(C)C1. The Morgan fingerprint density at radius 3 is 2.68 bits per heavy atom. The molecule has 0 bridgehead atoms. The first-order chi connectivity index (χ1) is 8.98. The van der Waals surface area contributed by atoms with Gasteiger partial charge in [0.1, 0.15) is 6.04 Å². The van der Waals surface area contributed by atoms with Crippen LogP contribution in [0.2, 0.25) is 0 Å². The van der Waals surface area contributed by atoms with E-state index >= 15 is 0 Å². The Balaban J connectivity index is 2.11. The Morgan fingerprint density at radius 1 is 1.32 bits per heavy atom. The van der Waals surface area contributed by atoms with Crippen molar-refractivity contribution in [3.05, 3.63) is 0 Å². The molecule has 1 aliphatic carbocycles. The van der Waals surface area contributed by atoms with E-state index in [2.05, 4.69) is 6.92 Å². The third kappa shape index (κ3) is 2.76. The molecule has 0 aromatic carbocycles. The lowest BCUT2D eigenvalue weighted by atomic mass is 9.76. The Hall–Kier alpha value is -1.10. The first-order valence-electron chi connectivity index (χ1n) is 7.16. The van der Waals surface area contributed by atoms with Crippen LogP contribution in [0.25, 0.3) is 0 Å². The van der Waals surface area contributed by atoms with E-state index in [1.54, 1.807) is 4.90 Å². The number of carbonyl (C=O) groups is 2. The predicted octanol–water partition coefficient (Wildman–Crippen LogP) is 1.06. The lowest BCUT2D eigenvalue weighted by molar-refractivity contribution is -0.153. The van der Waals surface area contributed by atoms with Crippen molar-refractivity contribution in [3.63, 3.8) is 0 Å². The molecule has 3 atom stereocenters. The van der Waals surface area contributed by atoms with Crippen LogP contribution in [0.15, 0.2) is 0 Å². The van der Waals surface area contributed by atoms with Crippen molar-refractivity contribution in [1.82, 2.24) is 4.90 Å². The number of rotatable bonds is 2. The van der Waals surface area contributed by atoms with Gasteiger partial charge in [0.15, 0.2) is 0 Å². The maximum atomic E-state index is 12.7. The standard InChI is InChI=1S/C14H24N2O3/c1-10-5-3-7-14(15,9-10)13(18)16-8-4-6-11(16)12(17)19-2/h10-11H,3-9,15H2,1-2H3. The van der Waals surface area contributed by atoms with Gasteiger partial charge in [-0.3, -0.25) is 4.79 Å². The molecule has 2 fully saturated rings. The molecule has 1 amide bonds. The molecule has 2 aliphatic rings. The zero-order valence-corrected chi connectivity index (χ0v) is 11.9. The molecule has 1 saturated heterocycles. The van der Waals surface area contributed by atoms with Crippen LogP contribution in [0.4, 0.5) is 0 Å². The van der Waals surface area contributed by atoms with Gasteiger partial charge in [-0.2, -0.15) is 0 Å². The van der Waals surface area contributed by atoms with Gasteiger partial charge in [-0.1, -0.05) is 19.8 Å². The molecule has 3 unspecified atom stereocenters. The molecule has 1 saturated carbocycles. The fourth-order valence-corrected chi connectivity index (χ4v) is 3.46. The summed E-state index contributed by atoms with van der Waals surface area (Å²) in [7, 11) is 1.37. The van der Waals surface area contributed by atoms with Crippen LogP contribution in [0.5, 0.6) is 0 Å². The Bertz CT molecular complexity index is 372. The van der Waals surface area contributed by atoms with Crippen LogP contribution in [0.3, 0.4) is 0 Å². The van der Waals surface area contributed by atoms with E-state index in [1.807, 2.05) is 0 Å². The third-order valence-electron chi connectivity index (χ3n) is 4.45. The van der Waals surface area contributed by atoms with Crippen molar-refractivity contribution < 1.29 is 14.3 Å². The van der Waals surface area contributed by atoms with Crippen LogP contribution >= 0.6 is 0 Å². The number of hydrogen-bond acceptors (Lipinski definition) is 4. The van der Waals surface area contributed by atoms with E-state index in [0.717, 1.165) is 32.1 Å². The number of carbonyl (C=O) groups excluding carboxylic acids is 2. The zero-order chi connectivity index (χ0) is 14.0. The summed E-state index contributed by atoms with van der Waals surface area (Å²) in [6.07, 6.45) is 5.09. The van der Waals surface area contributed by atoms with Crippen molar-refractivity contribution in [2.75, 3.05) is 13.7 Å². The van der Waals surface area contributed by atoms with Gasteiger partial charge in [-0.05, 0) is 31.6 Å². The summed E-state index contributed by atoms with van der Waals surface area (Å²) in [5, 5.41) is 0. The van der Waals surface area contributed by atoms with E-state index in [0.29, 0.717) is 18.9 Å². The molecule has 2 rings (SSSR count). The van der Waals surface area contributed by atoms with Gasteiger partial charge in [0.25, 0.3) is 0 Å². The second kappa shape index (κ2) is 5.49. The number of ether oxygens (including phenoxy) is 1. The highest BCUT2D eigenvalue weighted by Crippen LogP contribution is 2.33. The quantitative estimate of drug-likeness (QED) is 0.760. The van der Waals surface area contributed by atoms with Gasteiger partial charge in [0.05, 0.1) is 12.6 Å². The number of methoxy groups -OCH3 is 1. The van der Waals surface area contributed by atoms with E-state index < -0.39 is 11.6 Å². The summed E-state index contributed by atoms with van der Waals surface area (Å²) in [6.45, 7) is 2.75. The average molecular weight is 268 g/mol. The monoisotopic (exact) mass is 268 g/mol. The molecule has 5 nitrogen and oxygen atoms in total. The molecule has 2 N–H and O–H groups in total. The second-order valence-corrected chi connectivity index (χ2v) is 6.04. The van der Waals surface area contributed by atoms with Crippen molar-refractivity contribution in [2.45, 2.75) is 57.0 Å². The minimum Gasteiger partial charge on any atom is -0.467 e. The molecular formula is C14H24N2O3. The lowest BCUT2D eigenvalue weighted by Gasteiger charge is -2.39. The average Bonchev–Trinajstić information content (AvgIpc) is 2.85. The summed E-state index contributed by atoms with van der Waals surface area (Å²) in [6, 6.07) is -0.435. The number of amides is 1. The first kappa shape index (κ1) is 14.3. The maximum Gasteiger partial charge on any atom is 0.328 e. The van der Waals surface area contributed by atoms with Crippen molar-refractivity contribution in [2.24, 2.45) is 11.7 Å². The third-order valence-corrected chi connectivity index (χ3v) is 4.45. The van der Waals surface area contributed by atoms with E-state index in [4.69, 9.17) is 10.5 Å².